The van der Waals surface area contributed by atoms with Gasteiger partial charge in [-0.15, -0.1) is 0 Å². The number of hydrogen-bond acceptors (Lipinski definition) is 5. The van der Waals surface area contributed by atoms with Gasteiger partial charge in [0.05, 0.1) is 7.11 Å². The fourth-order valence-electron chi connectivity index (χ4n) is 1.73. The maximum absolute atomic E-state index is 5.41. The summed E-state index contributed by atoms with van der Waals surface area (Å²) in [5.41, 5.74) is 0.929. The summed E-state index contributed by atoms with van der Waals surface area (Å²) in [6, 6.07) is 7.86. The minimum absolute atomic E-state index is 0.612. The Morgan fingerprint density at radius 3 is 2.75 bits per heavy atom. The van der Waals surface area contributed by atoms with Crippen molar-refractivity contribution < 1.29 is 4.74 Å². The number of anilines is 3. The molecule has 0 aliphatic heterocycles. The number of methoxy groups -OCH3 is 1. The Bertz CT molecular complexity index is 577. The maximum Gasteiger partial charge on any atom is 0.204 e. The van der Waals surface area contributed by atoms with Crippen LogP contribution in [0, 0.1) is 0 Å². The van der Waals surface area contributed by atoms with Crippen LogP contribution in [0.1, 0.15) is 13.3 Å². The van der Waals surface area contributed by atoms with Crippen LogP contribution in [0.15, 0.2) is 35.1 Å². The van der Waals surface area contributed by atoms with E-state index in [1.807, 2.05) is 24.3 Å². The van der Waals surface area contributed by atoms with Gasteiger partial charge in [0.15, 0.2) is 11.6 Å². The van der Waals surface area contributed by atoms with Gasteiger partial charge in [-0.05, 0) is 24.6 Å². The normalized spacial score (nSPS) is 10.2. The van der Waals surface area contributed by atoms with Crippen molar-refractivity contribution in [2.45, 2.75) is 13.3 Å². The Morgan fingerprint density at radius 2 is 2.05 bits per heavy atom. The van der Waals surface area contributed by atoms with Crippen molar-refractivity contribution in [1.29, 1.82) is 0 Å². The second-order valence-electron chi connectivity index (χ2n) is 4.17. The van der Waals surface area contributed by atoms with Crippen LogP contribution in [0.3, 0.4) is 0 Å². The summed E-state index contributed by atoms with van der Waals surface area (Å²) in [4.78, 5) is 8.45. The largest absolute Gasteiger partial charge is 0.490 e. The Hall–Kier alpha value is -1.82. The summed E-state index contributed by atoms with van der Waals surface area (Å²) in [5, 5.41) is 6.46. The Morgan fingerprint density at radius 1 is 1.25 bits per heavy atom. The molecule has 0 spiro atoms. The lowest BCUT2D eigenvalue weighted by atomic mass is 10.3. The first-order chi connectivity index (χ1) is 9.74. The van der Waals surface area contributed by atoms with Gasteiger partial charge < -0.3 is 15.4 Å². The molecule has 0 amide bonds. The lowest BCUT2D eigenvalue weighted by Gasteiger charge is -2.14. The number of aromatic nitrogens is 2. The van der Waals surface area contributed by atoms with Crippen LogP contribution in [-0.2, 0) is 0 Å². The highest BCUT2D eigenvalue weighted by Crippen LogP contribution is 2.31. The van der Waals surface area contributed by atoms with Crippen LogP contribution < -0.4 is 15.4 Å². The average molecular weight is 337 g/mol. The van der Waals surface area contributed by atoms with Crippen LogP contribution in [-0.4, -0.2) is 23.6 Å². The van der Waals surface area contributed by atoms with E-state index in [-0.39, 0.29) is 0 Å². The van der Waals surface area contributed by atoms with Crippen molar-refractivity contribution in [3.8, 4) is 5.75 Å². The molecule has 1 aromatic carbocycles. The molecular weight excluding hydrogens is 320 g/mol. The smallest absolute Gasteiger partial charge is 0.204 e. The van der Waals surface area contributed by atoms with Gasteiger partial charge in [-0.2, -0.15) is 0 Å². The molecule has 106 valence electrons. The topological polar surface area (TPSA) is 59.1 Å². The van der Waals surface area contributed by atoms with Crippen molar-refractivity contribution in [1.82, 2.24) is 9.97 Å². The number of nitrogens with one attached hydrogen (secondary N) is 2. The lowest BCUT2D eigenvalue weighted by molar-refractivity contribution is 0.415. The average Bonchev–Trinajstić information content (AvgIpc) is 2.45. The molecule has 2 N–H and O–H groups in total. The van der Waals surface area contributed by atoms with Crippen molar-refractivity contribution in [3.63, 3.8) is 0 Å². The van der Waals surface area contributed by atoms with Gasteiger partial charge in [-0.25, -0.2) is 9.97 Å². The van der Waals surface area contributed by atoms with E-state index in [1.54, 1.807) is 7.11 Å². The van der Waals surface area contributed by atoms with Crippen molar-refractivity contribution in [2.75, 3.05) is 24.3 Å². The quantitative estimate of drug-likeness (QED) is 0.839. The Labute approximate surface area is 126 Å². The van der Waals surface area contributed by atoms with E-state index in [0.29, 0.717) is 17.4 Å². The van der Waals surface area contributed by atoms with Crippen LogP contribution in [0.4, 0.5) is 17.3 Å². The molecule has 6 heteroatoms. The molecule has 0 aliphatic rings. The minimum atomic E-state index is 0.612. The van der Waals surface area contributed by atoms with E-state index in [9.17, 15) is 0 Å². The van der Waals surface area contributed by atoms with Crippen LogP contribution in [0.2, 0.25) is 0 Å². The van der Waals surface area contributed by atoms with Gasteiger partial charge in [0.1, 0.15) is 6.33 Å². The number of halogens is 1. The third-order valence-corrected chi connectivity index (χ3v) is 3.13. The lowest BCUT2D eigenvalue weighted by Crippen LogP contribution is -2.07. The molecular formula is C14H17BrN4O. The summed E-state index contributed by atoms with van der Waals surface area (Å²) in [6.45, 7) is 2.94. The number of benzene rings is 1. The highest BCUT2D eigenvalue weighted by Gasteiger charge is 2.11. The molecule has 0 saturated heterocycles. The van der Waals surface area contributed by atoms with Gasteiger partial charge in [0, 0.05) is 16.7 Å². The van der Waals surface area contributed by atoms with Crippen molar-refractivity contribution in [3.05, 3.63) is 35.1 Å². The highest BCUT2D eigenvalue weighted by molar-refractivity contribution is 9.10. The van der Waals surface area contributed by atoms with E-state index < -0.39 is 0 Å². The second-order valence-corrected chi connectivity index (χ2v) is 5.08. The zero-order valence-electron chi connectivity index (χ0n) is 11.5. The predicted molar refractivity (Wildman–Crippen MR) is 84.8 cm³/mol. The predicted octanol–water partition coefficient (Wildman–Crippen LogP) is 3.81. The Kier molecular flexibility index (Phi) is 5.17. The fourth-order valence-corrected chi connectivity index (χ4v) is 2.13. The molecule has 1 heterocycles. The van der Waals surface area contributed by atoms with Crippen LogP contribution in [0.5, 0.6) is 5.75 Å². The molecule has 0 radical (unpaired) electrons. The summed E-state index contributed by atoms with van der Waals surface area (Å²) in [5.74, 6) is 1.95. The molecule has 1 aromatic heterocycles. The first-order valence-corrected chi connectivity index (χ1v) is 7.19. The van der Waals surface area contributed by atoms with Crippen molar-refractivity contribution in [2.24, 2.45) is 0 Å². The minimum Gasteiger partial charge on any atom is -0.490 e. The molecule has 20 heavy (non-hydrogen) atoms. The van der Waals surface area contributed by atoms with Gasteiger partial charge >= 0.3 is 0 Å². The number of rotatable bonds is 6. The summed E-state index contributed by atoms with van der Waals surface area (Å²) in [6.07, 6.45) is 2.53. The highest BCUT2D eigenvalue weighted by atomic mass is 79.9. The van der Waals surface area contributed by atoms with E-state index in [4.69, 9.17) is 4.74 Å². The molecule has 2 aromatic rings. The Balaban J connectivity index is 2.26. The molecule has 0 bridgehead atoms. The molecule has 0 unspecified atom stereocenters. The third-order valence-electron chi connectivity index (χ3n) is 2.64. The molecule has 5 nitrogen and oxygen atoms in total. The van der Waals surface area contributed by atoms with E-state index >= 15 is 0 Å². The molecule has 0 aliphatic carbocycles. The number of nitrogens with zero attached hydrogens (tertiary/aromatic N) is 2. The van der Waals surface area contributed by atoms with Gasteiger partial charge in [0.25, 0.3) is 0 Å². The first kappa shape index (κ1) is 14.6. The van der Waals surface area contributed by atoms with Crippen LogP contribution >= 0.6 is 15.9 Å². The molecule has 0 saturated carbocycles. The van der Waals surface area contributed by atoms with E-state index in [2.05, 4.69) is 43.5 Å². The zero-order chi connectivity index (χ0) is 14.4. The number of ether oxygens (including phenoxy) is 1. The molecule has 0 fully saturated rings. The fraction of sp³-hybridized carbons (Fsp3) is 0.286. The standard InChI is InChI=1S/C14H17BrN4O/c1-3-7-16-13-12(20-2)14(18-9-17-13)19-11-6-4-5-10(15)8-11/h4-6,8-9H,3,7H2,1-2H3,(H2,16,17,18,19). The van der Waals surface area contributed by atoms with E-state index in [0.717, 1.165) is 23.1 Å². The zero-order valence-corrected chi connectivity index (χ0v) is 13.1. The summed E-state index contributed by atoms with van der Waals surface area (Å²) >= 11 is 3.44. The van der Waals surface area contributed by atoms with Gasteiger partial charge in [-0.1, -0.05) is 28.9 Å². The van der Waals surface area contributed by atoms with E-state index in [1.165, 1.54) is 6.33 Å². The summed E-state index contributed by atoms with van der Waals surface area (Å²) in [7, 11) is 1.61. The monoisotopic (exact) mass is 336 g/mol. The first-order valence-electron chi connectivity index (χ1n) is 6.40. The summed E-state index contributed by atoms with van der Waals surface area (Å²) < 4.78 is 6.41. The maximum atomic E-state index is 5.41. The SMILES string of the molecule is CCCNc1ncnc(Nc2cccc(Br)c2)c1OC. The van der Waals surface area contributed by atoms with Gasteiger partial charge in [0.2, 0.25) is 5.75 Å². The van der Waals surface area contributed by atoms with Crippen LogP contribution in [0.25, 0.3) is 0 Å². The second kappa shape index (κ2) is 7.09. The van der Waals surface area contributed by atoms with Gasteiger partial charge in [-0.3, -0.25) is 0 Å². The third kappa shape index (κ3) is 3.60. The molecule has 2 rings (SSSR count). The molecule has 0 atom stereocenters. The number of hydrogen-bond donors (Lipinski definition) is 2. The van der Waals surface area contributed by atoms with Crippen molar-refractivity contribution >= 4 is 33.3 Å².